The molecule has 4 heteroatoms. The summed E-state index contributed by atoms with van der Waals surface area (Å²) in [6.45, 7) is 2.18. The highest BCUT2D eigenvalue weighted by molar-refractivity contribution is 14.1. The molecule has 2 nitrogen and oxygen atoms in total. The lowest BCUT2D eigenvalue weighted by Gasteiger charge is -2.15. The predicted molar refractivity (Wildman–Crippen MR) is 84.6 cm³/mol. The maximum atomic E-state index is 9.96. The van der Waals surface area contributed by atoms with Gasteiger partial charge in [-0.05, 0) is 63.7 Å². The molecule has 0 aliphatic heterocycles. The van der Waals surface area contributed by atoms with Gasteiger partial charge in [0.25, 0.3) is 0 Å². The summed E-state index contributed by atoms with van der Waals surface area (Å²) >= 11 is 4.40. The van der Waals surface area contributed by atoms with Crippen LogP contribution in [0.3, 0.4) is 0 Å². The Morgan fingerprint density at radius 1 is 1.31 bits per heavy atom. The van der Waals surface area contributed by atoms with E-state index in [0.717, 1.165) is 25.5 Å². The van der Waals surface area contributed by atoms with Crippen LogP contribution in [0.1, 0.15) is 44.2 Å². The first-order valence-corrected chi connectivity index (χ1v) is 7.65. The fourth-order valence-corrected chi connectivity index (χ4v) is 3.53. The first-order chi connectivity index (χ1) is 7.56. The number of unbranched alkanes of at least 4 members (excludes halogenated alkanes) is 2. The molecular weight excluding hydrogens is 428 g/mol. The van der Waals surface area contributed by atoms with Crippen molar-refractivity contribution < 1.29 is 5.11 Å². The van der Waals surface area contributed by atoms with Crippen LogP contribution in [-0.4, -0.2) is 5.11 Å². The van der Waals surface area contributed by atoms with Gasteiger partial charge in [-0.25, -0.2) is 0 Å². The Kier molecular flexibility index (Phi) is 6.35. The largest absolute Gasteiger partial charge is 0.506 e. The topological polar surface area (TPSA) is 46.2 Å². The van der Waals surface area contributed by atoms with Crippen LogP contribution in [0.4, 0.5) is 0 Å². The molecule has 90 valence electrons. The van der Waals surface area contributed by atoms with Crippen molar-refractivity contribution in [3.63, 3.8) is 0 Å². The van der Waals surface area contributed by atoms with Crippen LogP contribution in [0, 0.1) is 7.14 Å². The van der Waals surface area contributed by atoms with E-state index >= 15 is 0 Å². The smallest absolute Gasteiger partial charge is 0.133 e. The van der Waals surface area contributed by atoms with E-state index in [1.807, 2.05) is 12.1 Å². The minimum Gasteiger partial charge on any atom is -0.506 e. The number of phenols is 1. The van der Waals surface area contributed by atoms with Crippen LogP contribution in [0.2, 0.25) is 0 Å². The highest BCUT2D eigenvalue weighted by Crippen LogP contribution is 2.32. The normalized spacial score (nSPS) is 12.8. The van der Waals surface area contributed by atoms with Gasteiger partial charge >= 0.3 is 0 Å². The van der Waals surface area contributed by atoms with Crippen molar-refractivity contribution in [2.75, 3.05) is 0 Å². The summed E-state index contributed by atoms with van der Waals surface area (Å²) in [5, 5.41) is 9.96. The molecule has 1 atom stereocenters. The summed E-state index contributed by atoms with van der Waals surface area (Å²) in [5.41, 5.74) is 6.99. The predicted octanol–water partition coefficient (Wildman–Crippen LogP) is 4.18. The number of halogens is 2. The summed E-state index contributed by atoms with van der Waals surface area (Å²) < 4.78 is 2.01. The Bertz CT molecular complexity index is 355. The van der Waals surface area contributed by atoms with Crippen molar-refractivity contribution in [3.05, 3.63) is 24.8 Å². The van der Waals surface area contributed by atoms with Gasteiger partial charge in [0.05, 0.1) is 3.57 Å². The van der Waals surface area contributed by atoms with E-state index < -0.39 is 0 Å². The van der Waals surface area contributed by atoms with Crippen molar-refractivity contribution in [1.29, 1.82) is 0 Å². The molecule has 0 saturated carbocycles. The van der Waals surface area contributed by atoms with E-state index in [0.29, 0.717) is 5.75 Å². The zero-order valence-corrected chi connectivity index (χ0v) is 13.7. The van der Waals surface area contributed by atoms with Crippen LogP contribution in [-0.2, 0) is 0 Å². The SMILES string of the molecule is CCCCC[C@H](N)c1cc(I)cc(I)c1O. The van der Waals surface area contributed by atoms with E-state index in [1.54, 1.807) is 0 Å². The highest BCUT2D eigenvalue weighted by atomic mass is 127. The lowest BCUT2D eigenvalue weighted by molar-refractivity contribution is 0.452. The summed E-state index contributed by atoms with van der Waals surface area (Å²) in [5.74, 6) is 0.352. The zero-order chi connectivity index (χ0) is 12.1. The molecule has 0 aliphatic rings. The maximum absolute atomic E-state index is 9.96. The van der Waals surface area contributed by atoms with Crippen molar-refractivity contribution >= 4 is 45.2 Å². The Morgan fingerprint density at radius 3 is 2.62 bits per heavy atom. The number of hydrogen-bond acceptors (Lipinski definition) is 2. The van der Waals surface area contributed by atoms with Crippen molar-refractivity contribution in [3.8, 4) is 5.75 Å². The molecule has 0 bridgehead atoms. The van der Waals surface area contributed by atoms with E-state index in [4.69, 9.17) is 5.73 Å². The molecule has 0 fully saturated rings. The third kappa shape index (κ3) is 4.03. The van der Waals surface area contributed by atoms with Crippen LogP contribution in [0.5, 0.6) is 5.75 Å². The lowest BCUT2D eigenvalue weighted by Crippen LogP contribution is -2.11. The minimum absolute atomic E-state index is 0.0465. The van der Waals surface area contributed by atoms with Gasteiger partial charge in [-0.1, -0.05) is 26.2 Å². The van der Waals surface area contributed by atoms with Gasteiger partial charge in [0.15, 0.2) is 0 Å². The number of nitrogens with two attached hydrogens (primary N) is 1. The number of aromatic hydroxyl groups is 1. The molecule has 16 heavy (non-hydrogen) atoms. The maximum Gasteiger partial charge on any atom is 0.133 e. The van der Waals surface area contributed by atoms with Gasteiger partial charge < -0.3 is 10.8 Å². The molecule has 0 aliphatic carbocycles. The standard InChI is InChI=1S/C12H17I2NO/c1-2-3-4-5-11(15)9-6-8(13)7-10(14)12(9)16/h6-7,11,16H,2-5,15H2,1H3/t11-/m0/s1. The monoisotopic (exact) mass is 445 g/mol. The van der Waals surface area contributed by atoms with Crippen LogP contribution < -0.4 is 5.73 Å². The summed E-state index contributed by atoms with van der Waals surface area (Å²) in [6.07, 6.45) is 4.47. The summed E-state index contributed by atoms with van der Waals surface area (Å²) in [7, 11) is 0. The molecule has 0 spiro atoms. The Labute approximate surface area is 124 Å². The quantitative estimate of drug-likeness (QED) is 0.528. The Morgan fingerprint density at radius 2 is 2.00 bits per heavy atom. The fourth-order valence-electron chi connectivity index (χ4n) is 1.64. The average Bonchev–Trinajstić information content (AvgIpc) is 2.23. The van der Waals surface area contributed by atoms with E-state index in [-0.39, 0.29) is 6.04 Å². The van der Waals surface area contributed by atoms with Crippen molar-refractivity contribution in [1.82, 2.24) is 0 Å². The fraction of sp³-hybridized carbons (Fsp3) is 0.500. The molecule has 0 amide bonds. The summed E-state index contributed by atoms with van der Waals surface area (Å²) in [4.78, 5) is 0. The molecule has 3 N–H and O–H groups in total. The molecule has 0 radical (unpaired) electrons. The van der Waals surface area contributed by atoms with Gasteiger partial charge in [0, 0.05) is 15.2 Å². The molecular formula is C12H17I2NO. The second-order valence-electron chi connectivity index (χ2n) is 3.93. The first kappa shape index (κ1) is 14.5. The third-order valence-electron chi connectivity index (χ3n) is 2.58. The van der Waals surface area contributed by atoms with Gasteiger partial charge in [-0.2, -0.15) is 0 Å². The second kappa shape index (κ2) is 7.00. The van der Waals surface area contributed by atoms with E-state index in [9.17, 15) is 5.11 Å². The molecule has 0 unspecified atom stereocenters. The molecule has 1 aromatic carbocycles. The highest BCUT2D eigenvalue weighted by Gasteiger charge is 2.13. The van der Waals surface area contributed by atoms with E-state index in [1.165, 1.54) is 12.8 Å². The second-order valence-corrected chi connectivity index (χ2v) is 6.34. The van der Waals surface area contributed by atoms with Crippen LogP contribution in [0.15, 0.2) is 12.1 Å². The molecule has 1 rings (SSSR count). The minimum atomic E-state index is -0.0465. The summed E-state index contributed by atoms with van der Waals surface area (Å²) in [6, 6.07) is 3.89. The Hall–Kier alpha value is 0.440. The van der Waals surface area contributed by atoms with Gasteiger partial charge in [0.1, 0.15) is 5.75 Å². The Balaban J connectivity index is 2.78. The molecule has 1 aromatic rings. The van der Waals surface area contributed by atoms with Gasteiger partial charge in [0.2, 0.25) is 0 Å². The van der Waals surface area contributed by atoms with Crippen molar-refractivity contribution in [2.45, 2.75) is 38.6 Å². The van der Waals surface area contributed by atoms with E-state index in [2.05, 4.69) is 52.1 Å². The number of rotatable bonds is 5. The zero-order valence-electron chi connectivity index (χ0n) is 9.34. The number of phenolic OH excluding ortho intramolecular Hbond substituents is 1. The molecule has 0 aromatic heterocycles. The van der Waals surface area contributed by atoms with Crippen LogP contribution in [0.25, 0.3) is 0 Å². The lowest BCUT2D eigenvalue weighted by atomic mass is 10.0. The average molecular weight is 445 g/mol. The number of hydrogen-bond donors (Lipinski definition) is 2. The van der Waals surface area contributed by atoms with Gasteiger partial charge in [-0.3, -0.25) is 0 Å². The molecule has 0 heterocycles. The number of benzene rings is 1. The van der Waals surface area contributed by atoms with Gasteiger partial charge in [-0.15, -0.1) is 0 Å². The van der Waals surface area contributed by atoms with Crippen molar-refractivity contribution in [2.24, 2.45) is 5.73 Å². The first-order valence-electron chi connectivity index (χ1n) is 5.49. The van der Waals surface area contributed by atoms with Crippen LogP contribution >= 0.6 is 45.2 Å². The third-order valence-corrected chi connectivity index (χ3v) is 4.02. The molecule has 0 saturated heterocycles.